The molecule has 0 saturated carbocycles. The van der Waals surface area contributed by atoms with Crippen LogP contribution in [0.3, 0.4) is 0 Å². The number of hydrogen-bond acceptors (Lipinski definition) is 7. The van der Waals surface area contributed by atoms with Crippen LogP contribution in [-0.4, -0.2) is 30.7 Å². The first-order chi connectivity index (χ1) is 14.1. The number of carbonyl (C=O) groups is 2. The molecule has 3 aromatic rings. The first-order valence-corrected chi connectivity index (χ1v) is 9.96. The minimum atomic E-state index is -2.14. The van der Waals surface area contributed by atoms with Crippen LogP contribution in [0.5, 0.6) is 0 Å². The van der Waals surface area contributed by atoms with E-state index in [1.165, 1.54) is 30.3 Å². The molecule has 154 valence electrons. The van der Waals surface area contributed by atoms with Crippen LogP contribution in [0.4, 0.5) is 16.5 Å². The highest BCUT2D eigenvalue weighted by Crippen LogP contribution is 2.29. The molecule has 3 rings (SSSR count). The fraction of sp³-hybridized carbons (Fsp3) is 0.0588. The highest BCUT2D eigenvalue weighted by molar-refractivity contribution is 7.18. The Morgan fingerprint density at radius 2 is 1.73 bits per heavy atom. The number of benzene rings is 2. The first kappa shape index (κ1) is 21.9. The lowest BCUT2D eigenvalue weighted by Gasteiger charge is -2.12. The van der Waals surface area contributed by atoms with Crippen molar-refractivity contribution in [1.82, 2.24) is 10.2 Å². The number of hydrogen-bond donors (Lipinski definition) is 2. The number of aromatic nitrogens is 2. The molecule has 0 aliphatic heterocycles. The van der Waals surface area contributed by atoms with Crippen LogP contribution in [0, 0.1) is 10.1 Å². The molecule has 0 aliphatic rings. The Kier molecular flexibility index (Phi) is 6.52. The predicted octanol–water partition coefficient (Wildman–Crippen LogP) is 4.67. The molecule has 2 N–H and O–H groups in total. The van der Waals surface area contributed by atoms with E-state index in [4.69, 9.17) is 34.8 Å². The zero-order valence-corrected chi connectivity index (χ0v) is 17.7. The number of amides is 2. The molecule has 0 saturated heterocycles. The smallest absolute Gasteiger partial charge is 0.276 e. The molecule has 0 atom stereocenters. The lowest BCUT2D eigenvalue weighted by atomic mass is 10.2. The van der Waals surface area contributed by atoms with Crippen LogP contribution in [0.25, 0.3) is 10.6 Å². The highest BCUT2D eigenvalue weighted by atomic mass is 35.6. The average Bonchev–Trinajstić information content (AvgIpc) is 3.16. The van der Waals surface area contributed by atoms with Crippen molar-refractivity contribution in [3.05, 3.63) is 64.2 Å². The zero-order chi connectivity index (χ0) is 21.9. The van der Waals surface area contributed by atoms with E-state index in [0.717, 1.165) is 11.3 Å². The molecule has 9 nitrogen and oxygen atoms in total. The van der Waals surface area contributed by atoms with Gasteiger partial charge in [0.05, 0.1) is 4.92 Å². The van der Waals surface area contributed by atoms with Crippen molar-refractivity contribution in [2.45, 2.75) is 3.79 Å². The molecule has 0 radical (unpaired) electrons. The third-order valence-electron chi connectivity index (χ3n) is 3.61. The minimum Gasteiger partial charge on any atom is -0.322 e. The molecular formula is C17H10Cl3N5O4S. The van der Waals surface area contributed by atoms with E-state index in [1.807, 2.05) is 0 Å². The van der Waals surface area contributed by atoms with Crippen molar-refractivity contribution in [2.24, 2.45) is 0 Å². The fourth-order valence-corrected chi connectivity index (χ4v) is 3.11. The lowest BCUT2D eigenvalue weighted by Crippen LogP contribution is -2.27. The van der Waals surface area contributed by atoms with Crippen molar-refractivity contribution in [1.29, 1.82) is 0 Å². The van der Waals surface area contributed by atoms with Crippen molar-refractivity contribution < 1.29 is 14.5 Å². The number of non-ortho nitro benzene ring substituents is 1. The average molecular weight is 487 g/mol. The lowest BCUT2D eigenvalue weighted by molar-refractivity contribution is -0.384. The van der Waals surface area contributed by atoms with Crippen LogP contribution in [0.15, 0.2) is 48.5 Å². The highest BCUT2D eigenvalue weighted by Gasteiger charge is 2.30. The number of nitro groups is 1. The van der Waals surface area contributed by atoms with Gasteiger partial charge in [-0.3, -0.25) is 25.0 Å². The van der Waals surface area contributed by atoms with Gasteiger partial charge in [0.1, 0.15) is 5.01 Å². The second kappa shape index (κ2) is 8.92. The second-order valence-electron chi connectivity index (χ2n) is 5.70. The number of rotatable bonds is 5. The van der Waals surface area contributed by atoms with Crippen molar-refractivity contribution in [3.8, 4) is 10.6 Å². The van der Waals surface area contributed by atoms with E-state index in [9.17, 15) is 19.7 Å². The monoisotopic (exact) mass is 485 g/mol. The van der Waals surface area contributed by atoms with Gasteiger partial charge in [0.15, 0.2) is 0 Å². The van der Waals surface area contributed by atoms with Gasteiger partial charge in [0.25, 0.3) is 21.3 Å². The Balaban J connectivity index is 1.70. The van der Waals surface area contributed by atoms with Gasteiger partial charge in [-0.05, 0) is 30.3 Å². The molecule has 0 fully saturated rings. The largest absolute Gasteiger partial charge is 0.322 e. The molecule has 0 bridgehead atoms. The van der Waals surface area contributed by atoms with Gasteiger partial charge >= 0.3 is 0 Å². The molecule has 0 unspecified atom stereocenters. The standard InChI is InChI=1S/C17H10Cl3N5O4S/c18-17(19,20)15(27)21-11-3-1-2-10(8-11)13(26)22-16-24-23-14(30-16)9-4-6-12(7-5-9)25(28)29/h1-8H,(H,21,27)(H,22,24,26). The summed E-state index contributed by atoms with van der Waals surface area (Å²) in [5.41, 5.74) is 1.07. The summed E-state index contributed by atoms with van der Waals surface area (Å²) in [6.45, 7) is 0. The predicted molar refractivity (Wildman–Crippen MR) is 115 cm³/mol. The van der Waals surface area contributed by atoms with E-state index in [2.05, 4.69) is 20.8 Å². The first-order valence-electron chi connectivity index (χ1n) is 8.01. The summed E-state index contributed by atoms with van der Waals surface area (Å²) in [4.78, 5) is 34.4. The zero-order valence-electron chi connectivity index (χ0n) is 14.6. The number of anilines is 2. The number of alkyl halides is 3. The number of nitrogens with zero attached hydrogens (tertiary/aromatic N) is 3. The third-order valence-corrected chi connectivity index (χ3v) is 5.01. The molecule has 1 aromatic heterocycles. The molecule has 30 heavy (non-hydrogen) atoms. The number of halogens is 3. The molecule has 0 aliphatic carbocycles. The molecule has 1 heterocycles. The van der Waals surface area contributed by atoms with Crippen LogP contribution in [0.1, 0.15) is 10.4 Å². The van der Waals surface area contributed by atoms with Crippen LogP contribution < -0.4 is 10.6 Å². The molecular weight excluding hydrogens is 477 g/mol. The SMILES string of the molecule is O=C(Nc1nnc(-c2ccc([N+](=O)[O-])cc2)s1)c1cccc(NC(=O)C(Cl)(Cl)Cl)c1. The quantitative estimate of drug-likeness (QED) is 0.306. The van der Waals surface area contributed by atoms with Crippen LogP contribution in [-0.2, 0) is 4.79 Å². The Hall–Kier alpha value is -2.79. The van der Waals surface area contributed by atoms with Gasteiger partial charge in [-0.1, -0.05) is 52.2 Å². The van der Waals surface area contributed by atoms with Gasteiger partial charge < -0.3 is 5.32 Å². The van der Waals surface area contributed by atoms with Crippen molar-refractivity contribution >= 4 is 74.5 Å². The Morgan fingerprint density at radius 3 is 2.37 bits per heavy atom. The maximum atomic E-state index is 12.5. The van der Waals surface area contributed by atoms with E-state index in [1.54, 1.807) is 18.2 Å². The van der Waals surface area contributed by atoms with Crippen LogP contribution >= 0.6 is 46.1 Å². The molecule has 13 heteroatoms. The van der Waals surface area contributed by atoms with E-state index < -0.39 is 20.5 Å². The van der Waals surface area contributed by atoms with Gasteiger partial charge in [-0.2, -0.15) is 0 Å². The Labute approximate surface area is 188 Å². The van der Waals surface area contributed by atoms with Gasteiger partial charge in [-0.15, -0.1) is 10.2 Å². The summed E-state index contributed by atoms with van der Waals surface area (Å²) < 4.78 is -2.14. The molecule has 0 spiro atoms. The summed E-state index contributed by atoms with van der Waals surface area (Å²) in [5.74, 6) is -1.35. The maximum Gasteiger partial charge on any atom is 0.276 e. The maximum absolute atomic E-state index is 12.5. The van der Waals surface area contributed by atoms with E-state index in [0.29, 0.717) is 10.6 Å². The number of nitrogens with one attached hydrogen (secondary N) is 2. The van der Waals surface area contributed by atoms with Crippen molar-refractivity contribution in [3.63, 3.8) is 0 Å². The summed E-state index contributed by atoms with van der Waals surface area (Å²) in [6, 6.07) is 11.8. The van der Waals surface area contributed by atoms with Crippen LogP contribution in [0.2, 0.25) is 0 Å². The van der Waals surface area contributed by atoms with E-state index >= 15 is 0 Å². The molecule has 2 amide bonds. The second-order valence-corrected chi connectivity index (χ2v) is 8.96. The number of nitro benzene ring substituents is 1. The van der Waals surface area contributed by atoms with Gasteiger partial charge in [-0.25, -0.2) is 0 Å². The summed E-state index contributed by atoms with van der Waals surface area (Å²) in [6.07, 6.45) is 0. The fourth-order valence-electron chi connectivity index (χ4n) is 2.23. The minimum absolute atomic E-state index is 0.0430. The van der Waals surface area contributed by atoms with Gasteiger partial charge in [0.2, 0.25) is 5.13 Å². The number of carbonyl (C=O) groups excluding carboxylic acids is 2. The van der Waals surface area contributed by atoms with Crippen molar-refractivity contribution in [2.75, 3.05) is 10.6 Å². The Bertz CT molecular complexity index is 1120. The summed E-state index contributed by atoms with van der Waals surface area (Å²) >= 11 is 17.6. The normalized spacial score (nSPS) is 11.0. The summed E-state index contributed by atoms with van der Waals surface area (Å²) in [7, 11) is 0. The topological polar surface area (TPSA) is 127 Å². The Morgan fingerprint density at radius 1 is 1.03 bits per heavy atom. The molecule has 2 aromatic carbocycles. The third kappa shape index (κ3) is 5.42. The van der Waals surface area contributed by atoms with E-state index in [-0.39, 0.29) is 22.1 Å². The van der Waals surface area contributed by atoms with Gasteiger partial charge in [0, 0.05) is 28.9 Å². The summed E-state index contributed by atoms with van der Waals surface area (Å²) in [5, 5.41) is 24.3.